The maximum atomic E-state index is 12.5. The predicted molar refractivity (Wildman–Crippen MR) is 82.6 cm³/mol. The molecule has 5 rings (SSSR count). The lowest BCUT2D eigenvalue weighted by molar-refractivity contribution is -0.151. The van der Waals surface area contributed by atoms with Crippen LogP contribution in [0.15, 0.2) is 24.3 Å². The number of likely N-dealkylation sites (tertiary alicyclic amines) is 1. The van der Waals surface area contributed by atoms with Crippen molar-refractivity contribution in [3.8, 4) is 5.75 Å². The standard InChI is InChI=1S/C18H16N2O3/c1-19-11-4-3-10-9-13-18(22)6-5-12(21)16-17(18,7-8-20(13)2)14(10)15(11)23-16/h3-6,13,16,22H,7-9H2,2H3/t13-,16?,17+,18?/m1/s1. The van der Waals surface area contributed by atoms with E-state index >= 15 is 0 Å². The lowest BCUT2D eigenvalue weighted by atomic mass is 9.51. The summed E-state index contributed by atoms with van der Waals surface area (Å²) < 4.78 is 6.02. The molecule has 1 aromatic rings. The van der Waals surface area contributed by atoms with E-state index in [0.29, 0.717) is 24.3 Å². The Morgan fingerprint density at radius 1 is 1.48 bits per heavy atom. The second kappa shape index (κ2) is 3.84. The molecule has 2 unspecified atom stereocenters. The average molecular weight is 308 g/mol. The highest BCUT2D eigenvalue weighted by molar-refractivity contribution is 5.99. The zero-order chi connectivity index (χ0) is 16.0. The van der Waals surface area contributed by atoms with E-state index < -0.39 is 17.1 Å². The number of hydrogen-bond acceptors (Lipinski definition) is 4. The molecule has 23 heavy (non-hydrogen) atoms. The Morgan fingerprint density at radius 2 is 2.30 bits per heavy atom. The van der Waals surface area contributed by atoms with Gasteiger partial charge in [-0.25, -0.2) is 4.85 Å². The summed E-state index contributed by atoms with van der Waals surface area (Å²) in [4.78, 5) is 18.3. The SMILES string of the molecule is [C-]#[N+]c1ccc2c3c1OC1C(=O)C=CC4(O)[C@@H](C2)N(C)CC[C@]314. The number of ether oxygens (including phenoxy) is 1. The van der Waals surface area contributed by atoms with Gasteiger partial charge < -0.3 is 9.84 Å². The molecule has 0 saturated carbocycles. The minimum atomic E-state index is -1.13. The van der Waals surface area contributed by atoms with Crippen LogP contribution < -0.4 is 4.74 Å². The van der Waals surface area contributed by atoms with Gasteiger partial charge in [0.15, 0.2) is 11.9 Å². The van der Waals surface area contributed by atoms with Crippen molar-refractivity contribution < 1.29 is 14.6 Å². The smallest absolute Gasteiger partial charge is 0.228 e. The fourth-order valence-electron chi connectivity index (χ4n) is 5.21. The molecule has 1 aromatic carbocycles. The van der Waals surface area contributed by atoms with E-state index in [1.807, 2.05) is 13.1 Å². The van der Waals surface area contributed by atoms with E-state index in [4.69, 9.17) is 11.3 Å². The number of hydrogen-bond donors (Lipinski definition) is 1. The van der Waals surface area contributed by atoms with E-state index in [-0.39, 0.29) is 11.8 Å². The second-order valence-electron chi connectivity index (χ2n) is 7.04. The second-order valence-corrected chi connectivity index (χ2v) is 7.04. The Bertz CT molecular complexity index is 839. The van der Waals surface area contributed by atoms with Gasteiger partial charge in [0, 0.05) is 11.6 Å². The quantitative estimate of drug-likeness (QED) is 0.736. The van der Waals surface area contributed by atoms with Crippen LogP contribution in [0.3, 0.4) is 0 Å². The van der Waals surface area contributed by atoms with E-state index in [0.717, 1.165) is 17.7 Å². The minimum absolute atomic E-state index is 0.0797. The molecular weight excluding hydrogens is 292 g/mol. The maximum absolute atomic E-state index is 12.5. The minimum Gasteiger partial charge on any atom is -0.492 e. The third kappa shape index (κ3) is 1.22. The summed E-state index contributed by atoms with van der Waals surface area (Å²) in [7, 11) is 2.02. The zero-order valence-electron chi connectivity index (χ0n) is 12.7. The largest absolute Gasteiger partial charge is 0.492 e. The van der Waals surface area contributed by atoms with Crippen molar-refractivity contribution >= 4 is 11.5 Å². The molecule has 0 amide bonds. The number of nitrogens with zero attached hydrogens (tertiary/aromatic N) is 2. The van der Waals surface area contributed by atoms with Gasteiger partial charge in [-0.15, -0.1) is 0 Å². The van der Waals surface area contributed by atoms with Crippen LogP contribution >= 0.6 is 0 Å². The van der Waals surface area contributed by atoms with Gasteiger partial charge in [0.1, 0.15) is 11.4 Å². The van der Waals surface area contributed by atoms with Gasteiger partial charge in [-0.2, -0.15) is 0 Å². The number of aliphatic hydroxyl groups is 1. The first-order valence-corrected chi connectivity index (χ1v) is 7.89. The highest BCUT2D eigenvalue weighted by atomic mass is 16.5. The summed E-state index contributed by atoms with van der Waals surface area (Å²) in [5.74, 6) is 0.402. The van der Waals surface area contributed by atoms with Crippen LogP contribution in [0.5, 0.6) is 5.75 Å². The Balaban J connectivity index is 1.91. The Kier molecular flexibility index (Phi) is 2.22. The van der Waals surface area contributed by atoms with Crippen LogP contribution in [0.4, 0.5) is 5.69 Å². The fourth-order valence-corrected chi connectivity index (χ4v) is 5.21. The summed E-state index contributed by atoms with van der Waals surface area (Å²) in [5.41, 5.74) is 0.553. The van der Waals surface area contributed by atoms with Gasteiger partial charge in [-0.3, -0.25) is 9.69 Å². The normalized spacial score (nSPS) is 39.6. The van der Waals surface area contributed by atoms with Crippen molar-refractivity contribution in [1.29, 1.82) is 0 Å². The van der Waals surface area contributed by atoms with Crippen molar-refractivity contribution in [2.75, 3.05) is 13.6 Å². The van der Waals surface area contributed by atoms with Gasteiger partial charge in [0.05, 0.1) is 12.0 Å². The Hall–Kier alpha value is -2.16. The molecule has 116 valence electrons. The number of carbonyl (C=O) groups excluding carboxylic acids is 1. The number of piperidine rings is 1. The fraction of sp³-hybridized carbons (Fsp3) is 0.444. The molecule has 1 fully saturated rings. The topological polar surface area (TPSA) is 54.1 Å². The number of likely N-dealkylation sites (N-methyl/N-ethyl adjacent to an activating group) is 1. The monoisotopic (exact) mass is 308 g/mol. The van der Waals surface area contributed by atoms with Crippen molar-refractivity contribution in [3.05, 3.63) is 46.8 Å². The van der Waals surface area contributed by atoms with Crippen molar-refractivity contribution in [2.45, 2.75) is 36.0 Å². The molecule has 5 nitrogen and oxygen atoms in total. The van der Waals surface area contributed by atoms with Crippen LogP contribution in [-0.2, 0) is 16.6 Å². The van der Waals surface area contributed by atoms with Crippen LogP contribution in [0.25, 0.3) is 4.85 Å². The zero-order valence-corrected chi connectivity index (χ0v) is 12.7. The molecule has 4 atom stereocenters. The summed E-state index contributed by atoms with van der Waals surface area (Å²) in [6, 6.07) is 3.66. The Morgan fingerprint density at radius 3 is 3.09 bits per heavy atom. The lowest BCUT2D eigenvalue weighted by Gasteiger charge is -2.60. The first-order chi connectivity index (χ1) is 11.0. The molecule has 2 aliphatic carbocycles. The van der Waals surface area contributed by atoms with E-state index in [1.165, 1.54) is 6.08 Å². The first kappa shape index (κ1) is 13.3. The van der Waals surface area contributed by atoms with Crippen LogP contribution in [0, 0.1) is 6.57 Å². The lowest BCUT2D eigenvalue weighted by Crippen LogP contribution is -2.74. The molecule has 1 saturated heterocycles. The number of ketones is 1. The van der Waals surface area contributed by atoms with Crippen LogP contribution in [-0.4, -0.2) is 47.1 Å². The van der Waals surface area contributed by atoms with Gasteiger partial charge in [0.2, 0.25) is 5.69 Å². The molecule has 0 radical (unpaired) electrons. The highest BCUT2D eigenvalue weighted by Crippen LogP contribution is 2.63. The molecule has 1 N–H and O–H groups in total. The van der Waals surface area contributed by atoms with Gasteiger partial charge >= 0.3 is 0 Å². The summed E-state index contributed by atoms with van der Waals surface area (Å²) in [5, 5.41) is 11.6. The third-order valence-corrected chi connectivity index (χ3v) is 6.26. The molecule has 5 heteroatoms. The van der Waals surface area contributed by atoms with E-state index in [9.17, 15) is 9.90 Å². The molecule has 0 aromatic heterocycles. The van der Waals surface area contributed by atoms with Gasteiger partial charge in [-0.1, -0.05) is 12.1 Å². The summed E-state index contributed by atoms with van der Waals surface area (Å²) in [6.07, 6.45) is 3.77. The van der Waals surface area contributed by atoms with Crippen molar-refractivity contribution in [2.24, 2.45) is 0 Å². The molecule has 4 aliphatic rings. The number of rotatable bonds is 0. The molecule has 2 heterocycles. The highest BCUT2D eigenvalue weighted by Gasteiger charge is 2.71. The summed E-state index contributed by atoms with van der Waals surface area (Å²) >= 11 is 0. The molecule has 1 spiro atoms. The number of carbonyl (C=O) groups is 1. The van der Waals surface area contributed by atoms with Crippen molar-refractivity contribution in [1.82, 2.24) is 4.90 Å². The predicted octanol–water partition coefficient (Wildman–Crippen LogP) is 1.37. The maximum Gasteiger partial charge on any atom is 0.228 e. The number of benzene rings is 1. The van der Waals surface area contributed by atoms with Gasteiger partial charge in [-0.05, 0) is 44.1 Å². The van der Waals surface area contributed by atoms with Gasteiger partial charge in [0.25, 0.3) is 0 Å². The van der Waals surface area contributed by atoms with E-state index in [2.05, 4.69) is 9.74 Å². The Labute approximate surface area is 134 Å². The van der Waals surface area contributed by atoms with Crippen LogP contribution in [0.1, 0.15) is 17.5 Å². The molecule has 2 aliphatic heterocycles. The van der Waals surface area contributed by atoms with Crippen LogP contribution in [0.2, 0.25) is 0 Å². The van der Waals surface area contributed by atoms with E-state index in [1.54, 1.807) is 12.1 Å². The molecular formula is C18H16N2O3. The molecule has 2 bridgehead atoms. The first-order valence-electron chi connectivity index (χ1n) is 7.89. The van der Waals surface area contributed by atoms with Crippen molar-refractivity contribution in [3.63, 3.8) is 0 Å². The summed E-state index contributed by atoms with van der Waals surface area (Å²) in [6.45, 7) is 8.19. The average Bonchev–Trinajstić information content (AvgIpc) is 2.90. The third-order valence-electron chi connectivity index (χ3n) is 6.26.